The van der Waals surface area contributed by atoms with E-state index < -0.39 is 19.5 Å². The van der Waals surface area contributed by atoms with Crippen molar-refractivity contribution in [1.82, 2.24) is 9.97 Å². The largest absolute Gasteiger partial charge is 0.369 e. The van der Waals surface area contributed by atoms with Crippen LogP contribution in [0.15, 0.2) is 9.69 Å². The van der Waals surface area contributed by atoms with Crippen LogP contribution < -0.4 is 16.2 Å². The Balaban J connectivity index is 2.77. The van der Waals surface area contributed by atoms with Gasteiger partial charge in [-0.2, -0.15) is 4.98 Å². The average molecular weight is 338 g/mol. The zero-order chi connectivity index (χ0) is 16.0. The van der Waals surface area contributed by atoms with Gasteiger partial charge in [0.25, 0.3) is 5.56 Å². The molecule has 0 aliphatic rings. The first-order chi connectivity index (χ1) is 9.74. The first-order valence-corrected chi connectivity index (χ1v) is 8.26. The van der Waals surface area contributed by atoms with Crippen LogP contribution in [0.5, 0.6) is 0 Å². The quantitative estimate of drug-likeness (QED) is 0.205. The standard InChI is InChI=1S/C9H15N4O6PS/c1-13(2-3-19-5-20(16,17)18)7-6(21-4-14)8(15)12-9(10)11-7/h4H,2-3,5H2,1H3,(H2,16,17,18)(H3,10,11,12,15). The van der Waals surface area contributed by atoms with E-state index in [4.69, 9.17) is 20.3 Å². The Bertz CT molecular complexity index is 602. The van der Waals surface area contributed by atoms with Gasteiger partial charge in [0.2, 0.25) is 5.95 Å². The summed E-state index contributed by atoms with van der Waals surface area (Å²) in [6.45, 7) is 0.198. The Labute approximate surface area is 123 Å². The van der Waals surface area contributed by atoms with Gasteiger partial charge in [0.1, 0.15) is 11.2 Å². The van der Waals surface area contributed by atoms with Gasteiger partial charge in [-0.15, -0.1) is 0 Å². The highest BCUT2D eigenvalue weighted by atomic mass is 32.2. The van der Waals surface area contributed by atoms with Gasteiger partial charge in [0.05, 0.1) is 6.61 Å². The summed E-state index contributed by atoms with van der Waals surface area (Å²) < 4.78 is 15.4. The lowest BCUT2D eigenvalue weighted by Crippen LogP contribution is -2.27. The molecule has 21 heavy (non-hydrogen) atoms. The van der Waals surface area contributed by atoms with E-state index in [1.165, 1.54) is 4.90 Å². The first kappa shape index (κ1) is 17.7. The van der Waals surface area contributed by atoms with Gasteiger partial charge in [-0.25, -0.2) is 0 Å². The SMILES string of the molecule is CN(CCOCP(=O)(O)O)c1nc(N)[nH]c(=O)c1SC=O. The fourth-order valence-corrected chi connectivity index (χ4v) is 2.30. The number of rotatable bonds is 8. The number of aromatic amines is 1. The molecule has 10 nitrogen and oxygen atoms in total. The van der Waals surface area contributed by atoms with E-state index in [1.807, 2.05) is 0 Å². The maximum absolute atomic E-state index is 11.7. The fraction of sp³-hybridized carbons (Fsp3) is 0.444. The molecule has 1 rings (SSSR count). The Kier molecular flexibility index (Phi) is 6.37. The molecule has 0 spiro atoms. The zero-order valence-electron chi connectivity index (χ0n) is 11.1. The Hall–Kier alpha value is -1.39. The number of thioether (sulfide) groups is 1. The number of likely N-dealkylation sites (N-methyl/N-ethyl adjacent to an activating group) is 1. The number of nitrogens with one attached hydrogen (secondary N) is 1. The van der Waals surface area contributed by atoms with Crippen LogP contribution in [0.3, 0.4) is 0 Å². The molecule has 1 aromatic rings. The molecule has 1 heterocycles. The van der Waals surface area contributed by atoms with Crippen LogP contribution in [0.25, 0.3) is 0 Å². The average Bonchev–Trinajstić information content (AvgIpc) is 2.36. The molecular formula is C9H15N4O6PS. The second kappa shape index (κ2) is 7.57. The molecular weight excluding hydrogens is 323 g/mol. The molecule has 0 unspecified atom stereocenters. The van der Waals surface area contributed by atoms with Crippen molar-refractivity contribution in [2.45, 2.75) is 4.90 Å². The third kappa shape index (κ3) is 5.86. The van der Waals surface area contributed by atoms with Crippen molar-refractivity contribution in [1.29, 1.82) is 0 Å². The molecule has 0 bridgehead atoms. The van der Waals surface area contributed by atoms with Crippen LogP contribution in [-0.4, -0.2) is 51.9 Å². The minimum absolute atomic E-state index is 0.00118. The minimum atomic E-state index is -4.22. The van der Waals surface area contributed by atoms with Crippen molar-refractivity contribution < 1.29 is 23.9 Å². The first-order valence-electron chi connectivity index (χ1n) is 5.58. The Morgan fingerprint density at radius 2 is 2.24 bits per heavy atom. The maximum atomic E-state index is 11.7. The molecule has 0 aliphatic heterocycles. The number of nitrogens with zero attached hydrogens (tertiary/aromatic N) is 2. The van der Waals surface area contributed by atoms with E-state index in [1.54, 1.807) is 7.05 Å². The summed E-state index contributed by atoms with van der Waals surface area (Å²) in [4.78, 5) is 47.4. The van der Waals surface area contributed by atoms with Crippen molar-refractivity contribution >= 4 is 36.7 Å². The predicted molar refractivity (Wildman–Crippen MR) is 78.0 cm³/mol. The van der Waals surface area contributed by atoms with Crippen LogP contribution in [0.1, 0.15) is 0 Å². The number of nitrogen functional groups attached to an aromatic ring is 1. The number of aromatic nitrogens is 2. The van der Waals surface area contributed by atoms with Crippen LogP contribution in [0, 0.1) is 0 Å². The molecule has 1 aromatic heterocycles. The Morgan fingerprint density at radius 1 is 1.57 bits per heavy atom. The summed E-state index contributed by atoms with van der Waals surface area (Å²) in [6, 6.07) is 0. The Morgan fingerprint density at radius 3 is 2.81 bits per heavy atom. The number of nitrogens with two attached hydrogens (primary N) is 1. The van der Waals surface area contributed by atoms with E-state index >= 15 is 0 Å². The second-order valence-corrected chi connectivity index (χ2v) is 6.37. The number of hydrogen-bond donors (Lipinski definition) is 4. The summed E-state index contributed by atoms with van der Waals surface area (Å²) in [7, 11) is -2.63. The van der Waals surface area contributed by atoms with Gasteiger partial charge < -0.3 is 25.2 Å². The van der Waals surface area contributed by atoms with Crippen LogP contribution in [0.2, 0.25) is 0 Å². The van der Waals surface area contributed by atoms with Crippen LogP contribution in [0.4, 0.5) is 11.8 Å². The van der Waals surface area contributed by atoms with E-state index in [9.17, 15) is 14.2 Å². The lowest BCUT2D eigenvalue weighted by Gasteiger charge is -2.20. The molecule has 0 fully saturated rings. The maximum Gasteiger partial charge on any atom is 0.350 e. The lowest BCUT2D eigenvalue weighted by atomic mass is 10.5. The molecule has 118 valence electrons. The lowest BCUT2D eigenvalue weighted by molar-refractivity contribution is 0.163. The molecule has 0 aliphatic carbocycles. The highest BCUT2D eigenvalue weighted by Crippen LogP contribution is 2.33. The van der Waals surface area contributed by atoms with Gasteiger partial charge in [-0.05, 0) is 11.8 Å². The van der Waals surface area contributed by atoms with Crippen LogP contribution >= 0.6 is 19.4 Å². The van der Waals surface area contributed by atoms with Crippen molar-refractivity contribution in [3.05, 3.63) is 10.4 Å². The van der Waals surface area contributed by atoms with E-state index in [0.29, 0.717) is 17.4 Å². The van der Waals surface area contributed by atoms with E-state index in [2.05, 4.69) is 9.97 Å². The minimum Gasteiger partial charge on any atom is -0.369 e. The van der Waals surface area contributed by atoms with E-state index in [0.717, 1.165) is 0 Å². The summed E-state index contributed by atoms with van der Waals surface area (Å²) in [6.07, 6.45) is -0.693. The number of ether oxygens (including phenoxy) is 1. The summed E-state index contributed by atoms with van der Waals surface area (Å²) in [5.74, 6) is 0.0846. The number of anilines is 2. The number of carbonyl (C=O) groups is 1. The molecule has 0 amide bonds. The molecule has 5 N–H and O–H groups in total. The van der Waals surface area contributed by atoms with Crippen molar-refractivity contribution in [3.63, 3.8) is 0 Å². The van der Waals surface area contributed by atoms with Gasteiger partial charge >= 0.3 is 7.60 Å². The molecule has 12 heteroatoms. The monoisotopic (exact) mass is 338 g/mol. The molecule has 0 saturated heterocycles. The topological polar surface area (TPSA) is 159 Å². The summed E-state index contributed by atoms with van der Waals surface area (Å²) in [5.41, 5.74) is 5.40. The highest BCUT2D eigenvalue weighted by Gasteiger charge is 2.16. The molecule has 0 atom stereocenters. The van der Waals surface area contributed by atoms with Crippen molar-refractivity contribution in [2.24, 2.45) is 0 Å². The number of carbonyl (C=O) groups excluding carboxylic acids is 1. The third-order valence-corrected chi connectivity index (χ3v) is 3.45. The predicted octanol–water partition coefficient (Wildman–Crippen LogP) is -0.778. The third-order valence-electron chi connectivity index (χ3n) is 2.24. The van der Waals surface area contributed by atoms with Gasteiger partial charge in [-0.1, -0.05) is 0 Å². The van der Waals surface area contributed by atoms with Crippen molar-refractivity contribution in [2.75, 3.05) is 37.2 Å². The molecule has 0 radical (unpaired) electrons. The number of hydrogen-bond acceptors (Lipinski definition) is 8. The van der Waals surface area contributed by atoms with Crippen molar-refractivity contribution in [3.8, 4) is 0 Å². The molecule has 0 saturated carbocycles. The van der Waals surface area contributed by atoms with Crippen LogP contribution in [-0.2, 0) is 14.1 Å². The second-order valence-electron chi connectivity index (χ2n) is 3.94. The van der Waals surface area contributed by atoms with Gasteiger partial charge in [0, 0.05) is 13.6 Å². The van der Waals surface area contributed by atoms with Gasteiger partial charge in [0.15, 0.2) is 11.4 Å². The normalized spacial score (nSPS) is 11.4. The fourth-order valence-electron chi connectivity index (χ4n) is 1.37. The smallest absolute Gasteiger partial charge is 0.350 e. The van der Waals surface area contributed by atoms with E-state index in [-0.39, 0.29) is 29.8 Å². The summed E-state index contributed by atoms with van der Waals surface area (Å²) in [5, 5.41) is 0. The van der Waals surface area contributed by atoms with Gasteiger partial charge in [-0.3, -0.25) is 19.1 Å². The highest BCUT2D eigenvalue weighted by molar-refractivity contribution is 8.12. The zero-order valence-corrected chi connectivity index (χ0v) is 12.8. The number of H-pyrrole nitrogens is 1. The summed E-state index contributed by atoms with van der Waals surface area (Å²) >= 11 is 0.660. The molecule has 0 aromatic carbocycles.